The van der Waals surface area contributed by atoms with Crippen LogP contribution in [-0.4, -0.2) is 17.2 Å². The fourth-order valence-electron chi connectivity index (χ4n) is 4.85. The Kier molecular flexibility index (Phi) is 3.66. The lowest BCUT2D eigenvalue weighted by atomic mass is 9.66. The highest BCUT2D eigenvalue weighted by atomic mass is 16.2. The maximum Gasteiger partial charge on any atom is 0.235 e. The molecule has 1 aromatic carbocycles. The van der Waals surface area contributed by atoms with E-state index >= 15 is 0 Å². The van der Waals surface area contributed by atoms with Crippen LogP contribution in [0.4, 0.5) is 0 Å². The Balaban J connectivity index is 2.03. The molecule has 3 rings (SSSR count). The van der Waals surface area contributed by atoms with E-state index in [1.54, 1.807) is 0 Å². The molecule has 1 aromatic rings. The lowest BCUT2D eigenvalue weighted by Gasteiger charge is -2.41. The summed E-state index contributed by atoms with van der Waals surface area (Å²) in [6, 6.07) is 4.14. The van der Waals surface area contributed by atoms with E-state index in [9.17, 15) is 9.59 Å². The number of nitrogens with one attached hydrogen (secondary N) is 1. The second-order valence-electron chi connectivity index (χ2n) is 8.38. The average molecular weight is 313 g/mol. The zero-order chi connectivity index (χ0) is 17.0. The molecule has 2 aliphatic rings. The third-order valence-corrected chi connectivity index (χ3v) is 5.62. The fourth-order valence-corrected chi connectivity index (χ4v) is 4.85. The van der Waals surface area contributed by atoms with Gasteiger partial charge in [-0.25, -0.2) is 0 Å². The van der Waals surface area contributed by atoms with E-state index in [-0.39, 0.29) is 17.1 Å². The zero-order valence-corrected chi connectivity index (χ0v) is 14.9. The van der Waals surface area contributed by atoms with Gasteiger partial charge < -0.3 is 5.32 Å². The van der Waals surface area contributed by atoms with E-state index in [1.165, 1.54) is 5.56 Å². The van der Waals surface area contributed by atoms with Gasteiger partial charge in [0.05, 0.1) is 0 Å². The van der Waals surface area contributed by atoms with E-state index < -0.39 is 11.5 Å². The average Bonchev–Trinajstić information content (AvgIpc) is 2.60. The van der Waals surface area contributed by atoms with Crippen LogP contribution in [0.25, 0.3) is 0 Å². The van der Waals surface area contributed by atoms with Crippen LogP contribution in [0.3, 0.4) is 0 Å². The number of aryl methyl sites for hydroxylation is 3. The van der Waals surface area contributed by atoms with Crippen LogP contribution in [0.1, 0.15) is 67.7 Å². The first kappa shape index (κ1) is 16.2. The summed E-state index contributed by atoms with van der Waals surface area (Å²) in [4.78, 5) is 26.0. The van der Waals surface area contributed by atoms with Crippen molar-refractivity contribution in [2.45, 2.75) is 71.8 Å². The van der Waals surface area contributed by atoms with Crippen LogP contribution in [0.5, 0.6) is 0 Å². The van der Waals surface area contributed by atoms with Gasteiger partial charge in [-0.15, -0.1) is 0 Å². The number of benzene rings is 1. The molecule has 2 atom stereocenters. The van der Waals surface area contributed by atoms with Gasteiger partial charge in [-0.3, -0.25) is 9.59 Å². The number of carbonyl (C=O) groups excluding carboxylic acids is 2. The molecule has 0 aromatic heterocycles. The molecule has 1 heterocycles. The Morgan fingerprint density at radius 1 is 1.04 bits per heavy atom. The number of hydrogen-bond donors (Lipinski definition) is 1. The Labute approximate surface area is 138 Å². The van der Waals surface area contributed by atoms with Gasteiger partial charge in [-0.05, 0) is 62.1 Å². The van der Waals surface area contributed by atoms with E-state index in [1.807, 2.05) is 20.8 Å². The Morgan fingerprint density at radius 3 is 2.22 bits per heavy atom. The highest BCUT2D eigenvalue weighted by Crippen LogP contribution is 2.47. The van der Waals surface area contributed by atoms with Gasteiger partial charge in [-0.2, -0.15) is 0 Å². The van der Waals surface area contributed by atoms with Crippen molar-refractivity contribution in [2.24, 2.45) is 5.41 Å². The second kappa shape index (κ2) is 5.19. The highest BCUT2D eigenvalue weighted by molar-refractivity contribution is 6.17. The predicted octanol–water partition coefficient (Wildman–Crippen LogP) is 3.73. The Bertz CT molecular complexity index is 666. The molecule has 3 nitrogen and oxygen atoms in total. The van der Waals surface area contributed by atoms with Gasteiger partial charge >= 0.3 is 0 Å². The summed E-state index contributed by atoms with van der Waals surface area (Å²) >= 11 is 0. The van der Waals surface area contributed by atoms with E-state index in [0.717, 1.165) is 42.4 Å². The normalized spacial score (nSPS) is 29.9. The van der Waals surface area contributed by atoms with E-state index in [4.69, 9.17) is 0 Å². The number of Topliss-reactive ketones (excluding diaryl/α,β-unsaturated/α-hetero) is 1. The molecule has 1 saturated carbocycles. The summed E-state index contributed by atoms with van der Waals surface area (Å²) in [5.74, 6) is -0.655. The van der Waals surface area contributed by atoms with Crippen LogP contribution in [0, 0.1) is 26.2 Å². The minimum absolute atomic E-state index is 0.0883. The molecule has 1 N–H and O–H groups in total. The van der Waals surface area contributed by atoms with Crippen molar-refractivity contribution in [1.29, 1.82) is 0 Å². The van der Waals surface area contributed by atoms with Gasteiger partial charge in [0.1, 0.15) is 11.5 Å². The lowest BCUT2D eigenvalue weighted by Crippen LogP contribution is -2.51. The predicted molar refractivity (Wildman–Crippen MR) is 91.5 cm³/mol. The van der Waals surface area contributed by atoms with Gasteiger partial charge in [0, 0.05) is 0 Å². The van der Waals surface area contributed by atoms with Crippen LogP contribution >= 0.6 is 0 Å². The highest BCUT2D eigenvalue weighted by Gasteiger charge is 2.56. The molecule has 1 spiro atoms. The standard InChI is InChI=1S/C20H27NO2/c1-12-9-13(2)15(14(3)10-12)16-17(22)20(21-18(16)23)8-6-7-19(4,5)11-20/h9-10,16H,6-8,11H2,1-5H3,(H,21,23). The van der Waals surface area contributed by atoms with Crippen LogP contribution in [0.2, 0.25) is 0 Å². The summed E-state index contributed by atoms with van der Waals surface area (Å²) in [6.45, 7) is 10.5. The minimum Gasteiger partial charge on any atom is -0.343 e. The summed E-state index contributed by atoms with van der Waals surface area (Å²) in [7, 11) is 0. The summed E-state index contributed by atoms with van der Waals surface area (Å²) < 4.78 is 0. The summed E-state index contributed by atoms with van der Waals surface area (Å²) in [6.07, 6.45) is 3.65. The molecule has 1 amide bonds. The molecule has 0 bridgehead atoms. The summed E-state index contributed by atoms with van der Waals surface area (Å²) in [5, 5.41) is 3.10. The molecule has 2 fully saturated rings. The van der Waals surface area contributed by atoms with Crippen molar-refractivity contribution in [3.63, 3.8) is 0 Å². The SMILES string of the molecule is Cc1cc(C)c(C2C(=O)NC3(CCCC(C)(C)C3)C2=O)c(C)c1. The van der Waals surface area contributed by atoms with Crippen molar-refractivity contribution >= 4 is 11.7 Å². The van der Waals surface area contributed by atoms with Crippen molar-refractivity contribution in [2.75, 3.05) is 0 Å². The lowest BCUT2D eigenvalue weighted by molar-refractivity contribution is -0.126. The van der Waals surface area contributed by atoms with Crippen molar-refractivity contribution in [3.05, 3.63) is 34.4 Å². The molecule has 2 unspecified atom stereocenters. The number of carbonyl (C=O) groups is 2. The maximum absolute atomic E-state index is 13.3. The van der Waals surface area contributed by atoms with Crippen LogP contribution < -0.4 is 5.32 Å². The largest absolute Gasteiger partial charge is 0.343 e. The third kappa shape index (κ3) is 2.60. The first-order valence-electron chi connectivity index (χ1n) is 8.59. The smallest absolute Gasteiger partial charge is 0.235 e. The van der Waals surface area contributed by atoms with E-state index in [2.05, 4.69) is 31.3 Å². The van der Waals surface area contributed by atoms with Gasteiger partial charge in [0.25, 0.3) is 0 Å². The summed E-state index contributed by atoms with van der Waals surface area (Å²) in [5.41, 5.74) is 3.63. The minimum atomic E-state index is -0.646. The third-order valence-electron chi connectivity index (χ3n) is 5.62. The van der Waals surface area contributed by atoms with Crippen LogP contribution in [0.15, 0.2) is 12.1 Å². The quantitative estimate of drug-likeness (QED) is 0.803. The number of ketones is 1. The number of rotatable bonds is 1. The molecule has 1 aliphatic heterocycles. The molecule has 0 radical (unpaired) electrons. The van der Waals surface area contributed by atoms with E-state index in [0.29, 0.717) is 0 Å². The first-order valence-corrected chi connectivity index (χ1v) is 8.59. The molecule has 124 valence electrons. The Hall–Kier alpha value is -1.64. The molecule has 1 aliphatic carbocycles. The maximum atomic E-state index is 13.3. The molecule has 1 saturated heterocycles. The Morgan fingerprint density at radius 2 is 1.65 bits per heavy atom. The monoisotopic (exact) mass is 313 g/mol. The van der Waals surface area contributed by atoms with Gasteiger partial charge in [0.15, 0.2) is 5.78 Å². The molecular formula is C20H27NO2. The van der Waals surface area contributed by atoms with Crippen LogP contribution in [-0.2, 0) is 9.59 Å². The fraction of sp³-hybridized carbons (Fsp3) is 0.600. The molecule has 23 heavy (non-hydrogen) atoms. The first-order chi connectivity index (χ1) is 10.7. The zero-order valence-electron chi connectivity index (χ0n) is 14.9. The second-order valence-corrected chi connectivity index (χ2v) is 8.38. The van der Waals surface area contributed by atoms with Gasteiger partial charge in [-0.1, -0.05) is 38.0 Å². The number of hydrogen-bond acceptors (Lipinski definition) is 2. The van der Waals surface area contributed by atoms with Crippen molar-refractivity contribution in [1.82, 2.24) is 5.32 Å². The number of amides is 1. The molecule has 3 heteroatoms. The van der Waals surface area contributed by atoms with Gasteiger partial charge in [0.2, 0.25) is 5.91 Å². The molecular weight excluding hydrogens is 286 g/mol. The van der Waals surface area contributed by atoms with Crippen molar-refractivity contribution < 1.29 is 9.59 Å². The topological polar surface area (TPSA) is 46.2 Å². The van der Waals surface area contributed by atoms with Crippen molar-refractivity contribution in [3.8, 4) is 0 Å².